The SMILES string of the molecule is CC(C)(C)OC(=O)N1[C@H](COCc2ccccc2)[C@@H](OCc2ccccc2)[C@@](C)(OCc2ccccc2)[C@@H]1/C(C#N)=C/O. The van der Waals surface area contributed by atoms with Gasteiger partial charge in [0.05, 0.1) is 44.3 Å². The fourth-order valence-electron chi connectivity index (χ4n) is 5.38. The van der Waals surface area contributed by atoms with Gasteiger partial charge in [-0.1, -0.05) is 91.0 Å². The second-order valence-electron chi connectivity index (χ2n) is 11.7. The quantitative estimate of drug-likeness (QED) is 0.197. The van der Waals surface area contributed by atoms with E-state index in [0.717, 1.165) is 23.0 Å². The van der Waals surface area contributed by atoms with E-state index in [1.165, 1.54) is 4.90 Å². The molecule has 8 nitrogen and oxygen atoms in total. The Morgan fingerprint density at radius 2 is 1.42 bits per heavy atom. The molecule has 8 heteroatoms. The molecule has 226 valence electrons. The molecular formula is C35H40N2O6. The molecule has 0 unspecified atom stereocenters. The number of nitrogens with zero attached hydrogens (tertiary/aromatic N) is 2. The molecule has 43 heavy (non-hydrogen) atoms. The van der Waals surface area contributed by atoms with Crippen molar-refractivity contribution < 1.29 is 28.8 Å². The van der Waals surface area contributed by atoms with E-state index in [2.05, 4.69) is 6.07 Å². The van der Waals surface area contributed by atoms with Gasteiger partial charge < -0.3 is 24.1 Å². The van der Waals surface area contributed by atoms with E-state index >= 15 is 0 Å². The molecule has 1 N–H and O–H groups in total. The van der Waals surface area contributed by atoms with Crippen molar-refractivity contribution in [2.24, 2.45) is 0 Å². The Bertz CT molecular complexity index is 1380. The summed E-state index contributed by atoms with van der Waals surface area (Å²) in [6.07, 6.45) is -0.707. The van der Waals surface area contributed by atoms with Gasteiger partial charge in [-0.15, -0.1) is 0 Å². The molecule has 1 fully saturated rings. The molecule has 3 aromatic carbocycles. The Kier molecular flexibility index (Phi) is 10.6. The Morgan fingerprint density at radius 3 is 1.91 bits per heavy atom. The molecule has 3 aromatic rings. The number of aliphatic hydroxyl groups excluding tert-OH is 1. The Balaban J connectivity index is 1.77. The summed E-state index contributed by atoms with van der Waals surface area (Å²) in [7, 11) is 0. The lowest BCUT2D eigenvalue weighted by atomic mass is 9.88. The molecule has 1 saturated heterocycles. The van der Waals surface area contributed by atoms with E-state index < -0.39 is 35.5 Å². The number of rotatable bonds is 11. The maximum atomic E-state index is 14.0. The van der Waals surface area contributed by atoms with E-state index in [4.69, 9.17) is 18.9 Å². The molecule has 1 aliphatic rings. The van der Waals surface area contributed by atoms with Crippen molar-refractivity contribution in [2.75, 3.05) is 6.61 Å². The van der Waals surface area contributed by atoms with Gasteiger partial charge in [0.2, 0.25) is 0 Å². The fourth-order valence-corrected chi connectivity index (χ4v) is 5.38. The van der Waals surface area contributed by atoms with Crippen LogP contribution in [0.1, 0.15) is 44.4 Å². The normalized spacial score (nSPS) is 22.3. The van der Waals surface area contributed by atoms with Gasteiger partial charge in [0.1, 0.15) is 29.4 Å². The van der Waals surface area contributed by atoms with Crippen LogP contribution < -0.4 is 0 Å². The molecule has 0 saturated carbocycles. The number of carbonyl (C=O) groups is 1. The fraction of sp³-hybridized carbons (Fsp3) is 0.371. The minimum atomic E-state index is -1.29. The average Bonchev–Trinajstić information content (AvgIpc) is 3.24. The number of amides is 1. The van der Waals surface area contributed by atoms with E-state index in [1.54, 1.807) is 20.8 Å². The first-order valence-electron chi connectivity index (χ1n) is 14.4. The Hall–Kier alpha value is -4.16. The first kappa shape index (κ1) is 31.8. The number of hydrogen-bond donors (Lipinski definition) is 1. The zero-order valence-electron chi connectivity index (χ0n) is 25.2. The second-order valence-corrected chi connectivity index (χ2v) is 11.7. The Morgan fingerprint density at radius 1 is 0.907 bits per heavy atom. The third-order valence-electron chi connectivity index (χ3n) is 7.33. The molecule has 0 aromatic heterocycles. The van der Waals surface area contributed by atoms with Crippen molar-refractivity contribution in [3.05, 3.63) is 120 Å². The average molecular weight is 585 g/mol. The van der Waals surface area contributed by atoms with Crippen LogP contribution in [0.25, 0.3) is 0 Å². The zero-order chi connectivity index (χ0) is 30.9. The van der Waals surface area contributed by atoms with Gasteiger partial charge in [-0.3, -0.25) is 4.90 Å². The summed E-state index contributed by atoms with van der Waals surface area (Å²) in [5, 5.41) is 20.4. The summed E-state index contributed by atoms with van der Waals surface area (Å²) in [5.41, 5.74) is 0.647. The van der Waals surface area contributed by atoms with Crippen LogP contribution in [0.5, 0.6) is 0 Å². The number of benzene rings is 3. The summed E-state index contributed by atoms with van der Waals surface area (Å²) in [5.74, 6) is 0. The monoisotopic (exact) mass is 584 g/mol. The number of ether oxygens (including phenoxy) is 4. The maximum absolute atomic E-state index is 14.0. The lowest BCUT2D eigenvalue weighted by Gasteiger charge is -2.37. The van der Waals surface area contributed by atoms with Gasteiger partial charge in [-0.25, -0.2) is 4.79 Å². The second kappa shape index (κ2) is 14.3. The molecular weight excluding hydrogens is 544 g/mol. The summed E-state index contributed by atoms with van der Waals surface area (Å²) < 4.78 is 25.3. The van der Waals surface area contributed by atoms with Crippen molar-refractivity contribution in [1.82, 2.24) is 4.90 Å². The van der Waals surface area contributed by atoms with Gasteiger partial charge in [-0.2, -0.15) is 5.26 Å². The van der Waals surface area contributed by atoms with Crippen LogP contribution >= 0.6 is 0 Å². The van der Waals surface area contributed by atoms with Crippen LogP contribution in [-0.4, -0.2) is 52.1 Å². The third-order valence-corrected chi connectivity index (χ3v) is 7.33. The van der Waals surface area contributed by atoms with Gasteiger partial charge in [-0.05, 0) is 44.4 Å². The van der Waals surface area contributed by atoms with Gasteiger partial charge in [0.15, 0.2) is 0 Å². The standard InChI is InChI=1S/C35H40N2O6/c1-34(2,3)43-33(39)37-30(25-40-22-26-14-8-5-9-15-26)32(41-23-27-16-10-6-11-17-27)35(4,31(37)29(20-36)21-38)42-24-28-18-12-7-13-19-28/h5-19,21,30-32,38H,22-25H2,1-4H3/b29-21+/t30-,31+,32-,35+/m1/s1. The summed E-state index contributed by atoms with van der Waals surface area (Å²) in [6.45, 7) is 7.92. The molecule has 4 rings (SSSR count). The topological polar surface area (TPSA) is 101 Å². The van der Waals surface area contributed by atoms with Crippen molar-refractivity contribution in [3.63, 3.8) is 0 Å². The minimum absolute atomic E-state index is 0.0553. The molecule has 0 spiro atoms. The molecule has 0 bridgehead atoms. The highest BCUT2D eigenvalue weighted by Gasteiger charge is 2.62. The van der Waals surface area contributed by atoms with Gasteiger partial charge in [0, 0.05) is 0 Å². The first-order valence-corrected chi connectivity index (χ1v) is 14.4. The smallest absolute Gasteiger partial charge is 0.411 e. The highest BCUT2D eigenvalue weighted by Crippen LogP contribution is 2.44. The van der Waals surface area contributed by atoms with Crippen molar-refractivity contribution >= 4 is 6.09 Å². The van der Waals surface area contributed by atoms with Crippen LogP contribution in [0.3, 0.4) is 0 Å². The van der Waals surface area contributed by atoms with E-state index in [-0.39, 0.29) is 25.4 Å². The maximum Gasteiger partial charge on any atom is 0.411 e. The van der Waals surface area contributed by atoms with E-state index in [0.29, 0.717) is 6.61 Å². The molecule has 0 aliphatic carbocycles. The zero-order valence-corrected chi connectivity index (χ0v) is 25.2. The predicted octanol–water partition coefficient (Wildman–Crippen LogP) is 6.72. The van der Waals surface area contributed by atoms with Crippen LogP contribution in [0.4, 0.5) is 4.79 Å². The number of likely N-dealkylation sites (tertiary alicyclic amines) is 1. The third kappa shape index (κ3) is 8.02. The summed E-state index contributed by atoms with van der Waals surface area (Å²) in [4.78, 5) is 15.4. The van der Waals surface area contributed by atoms with Gasteiger partial charge in [0.25, 0.3) is 0 Å². The molecule has 1 aliphatic heterocycles. The molecule has 1 heterocycles. The lowest BCUT2D eigenvalue weighted by Crippen LogP contribution is -2.52. The number of carbonyl (C=O) groups excluding carboxylic acids is 1. The summed E-state index contributed by atoms with van der Waals surface area (Å²) in [6, 6.07) is 29.3. The van der Waals surface area contributed by atoms with Crippen molar-refractivity contribution in [1.29, 1.82) is 5.26 Å². The lowest BCUT2D eigenvalue weighted by molar-refractivity contribution is -0.141. The number of nitriles is 1. The van der Waals surface area contributed by atoms with Crippen molar-refractivity contribution in [3.8, 4) is 6.07 Å². The van der Waals surface area contributed by atoms with E-state index in [1.807, 2.05) is 97.9 Å². The molecule has 1 amide bonds. The number of aliphatic hydroxyl groups is 1. The largest absolute Gasteiger partial charge is 0.514 e. The molecule has 0 radical (unpaired) electrons. The highest BCUT2D eigenvalue weighted by molar-refractivity contribution is 5.71. The highest BCUT2D eigenvalue weighted by atomic mass is 16.6. The first-order chi connectivity index (χ1) is 20.7. The predicted molar refractivity (Wildman–Crippen MR) is 163 cm³/mol. The van der Waals surface area contributed by atoms with Crippen LogP contribution in [-0.2, 0) is 38.8 Å². The van der Waals surface area contributed by atoms with Crippen molar-refractivity contribution in [2.45, 2.75) is 76.9 Å². The minimum Gasteiger partial charge on any atom is -0.514 e. The van der Waals surface area contributed by atoms with Crippen LogP contribution in [0.15, 0.2) is 103 Å². The van der Waals surface area contributed by atoms with E-state index in [9.17, 15) is 15.2 Å². The van der Waals surface area contributed by atoms with Crippen LogP contribution in [0, 0.1) is 11.3 Å². The summed E-state index contributed by atoms with van der Waals surface area (Å²) >= 11 is 0. The van der Waals surface area contributed by atoms with Crippen LogP contribution in [0.2, 0.25) is 0 Å². The molecule has 4 atom stereocenters. The van der Waals surface area contributed by atoms with Gasteiger partial charge >= 0.3 is 6.09 Å². The number of hydrogen-bond acceptors (Lipinski definition) is 7. The Labute approximate surface area is 254 Å².